The predicted molar refractivity (Wildman–Crippen MR) is 104 cm³/mol. The Balaban J connectivity index is 1.90. The molecular formula is C22H14N4O. The third kappa shape index (κ3) is 2.66. The summed E-state index contributed by atoms with van der Waals surface area (Å²) >= 11 is 0. The molecule has 2 aromatic carbocycles. The molecule has 0 aliphatic rings. The predicted octanol–water partition coefficient (Wildman–Crippen LogP) is 5.01. The number of nitrogens with zero attached hydrogens (tertiary/aromatic N) is 4. The second-order valence-corrected chi connectivity index (χ2v) is 6.11. The van der Waals surface area contributed by atoms with Gasteiger partial charge in [-0.3, -0.25) is 4.98 Å². The van der Waals surface area contributed by atoms with Crippen LogP contribution in [0.5, 0.6) is 0 Å². The second-order valence-electron chi connectivity index (χ2n) is 6.11. The molecule has 27 heavy (non-hydrogen) atoms. The summed E-state index contributed by atoms with van der Waals surface area (Å²) in [5.41, 5.74) is 6.76. The van der Waals surface area contributed by atoms with Crippen LogP contribution in [-0.4, -0.2) is 20.3 Å². The van der Waals surface area contributed by atoms with Gasteiger partial charge in [-0.25, -0.2) is 9.61 Å². The highest BCUT2D eigenvalue weighted by molar-refractivity contribution is 6.03. The van der Waals surface area contributed by atoms with Crippen LogP contribution in [0.25, 0.3) is 44.7 Å². The topological polar surface area (TPSA) is 64.7 Å². The van der Waals surface area contributed by atoms with Gasteiger partial charge >= 0.3 is 0 Å². The Hall–Kier alpha value is -3.86. The van der Waals surface area contributed by atoms with Gasteiger partial charge < -0.3 is 0 Å². The molecular weight excluding hydrogens is 336 g/mol. The minimum atomic E-state index is 0.651. The molecule has 3 heterocycles. The van der Waals surface area contributed by atoms with E-state index in [4.69, 9.17) is 9.61 Å². The summed E-state index contributed by atoms with van der Waals surface area (Å²) in [6.07, 6.45) is 3.53. The van der Waals surface area contributed by atoms with Crippen molar-refractivity contribution in [1.82, 2.24) is 20.3 Å². The van der Waals surface area contributed by atoms with Gasteiger partial charge in [0.15, 0.2) is 5.52 Å². The summed E-state index contributed by atoms with van der Waals surface area (Å²) in [7, 11) is 0. The number of hydrogen-bond acceptors (Lipinski definition) is 5. The van der Waals surface area contributed by atoms with E-state index in [0.717, 1.165) is 33.6 Å². The van der Waals surface area contributed by atoms with Gasteiger partial charge in [0, 0.05) is 29.1 Å². The van der Waals surface area contributed by atoms with Crippen LogP contribution in [0.2, 0.25) is 0 Å². The van der Waals surface area contributed by atoms with E-state index < -0.39 is 0 Å². The average molecular weight is 350 g/mol. The first kappa shape index (κ1) is 15.4. The van der Waals surface area contributed by atoms with Crippen LogP contribution in [0.4, 0.5) is 0 Å². The minimum Gasteiger partial charge on any atom is -0.265 e. The van der Waals surface area contributed by atoms with Gasteiger partial charge in [-0.1, -0.05) is 60.7 Å². The number of aromatic nitrogens is 4. The SMILES string of the molecule is c1ccc(-c2nc(-c3ccncc3)c(-c3ccccc3)c3nonc23)cc1. The van der Waals surface area contributed by atoms with Crippen LogP contribution in [0.1, 0.15) is 0 Å². The molecule has 5 rings (SSSR count). The molecule has 0 amide bonds. The number of pyridine rings is 2. The molecule has 128 valence electrons. The van der Waals surface area contributed by atoms with Crippen LogP contribution in [0, 0.1) is 0 Å². The van der Waals surface area contributed by atoms with E-state index in [1.165, 1.54) is 0 Å². The smallest absolute Gasteiger partial charge is 0.162 e. The maximum absolute atomic E-state index is 5.13. The number of rotatable bonds is 3. The van der Waals surface area contributed by atoms with Gasteiger partial charge in [0.1, 0.15) is 11.2 Å². The normalized spacial score (nSPS) is 11.0. The highest BCUT2D eigenvalue weighted by Gasteiger charge is 2.21. The van der Waals surface area contributed by atoms with Gasteiger partial charge in [-0.2, -0.15) is 0 Å². The highest BCUT2D eigenvalue weighted by atomic mass is 16.6. The van der Waals surface area contributed by atoms with E-state index >= 15 is 0 Å². The standard InChI is InChI=1S/C22H14N4O/c1-3-7-15(8-4-1)18-19(17-11-13-23-14-12-17)24-20(16-9-5-2-6-10-16)22-21(18)25-27-26-22/h1-14H. The van der Waals surface area contributed by atoms with E-state index in [0.29, 0.717) is 11.0 Å². The summed E-state index contributed by atoms with van der Waals surface area (Å²) < 4.78 is 5.13. The fourth-order valence-electron chi connectivity index (χ4n) is 3.23. The van der Waals surface area contributed by atoms with Gasteiger partial charge in [0.05, 0.1) is 5.69 Å². The first-order valence-electron chi connectivity index (χ1n) is 8.59. The van der Waals surface area contributed by atoms with Gasteiger partial charge in [0.25, 0.3) is 0 Å². The van der Waals surface area contributed by atoms with Crippen LogP contribution < -0.4 is 0 Å². The quantitative estimate of drug-likeness (QED) is 0.457. The highest BCUT2D eigenvalue weighted by Crippen LogP contribution is 2.39. The molecule has 0 aliphatic heterocycles. The van der Waals surface area contributed by atoms with Crippen LogP contribution in [-0.2, 0) is 0 Å². The zero-order valence-corrected chi connectivity index (χ0v) is 14.3. The zero-order valence-electron chi connectivity index (χ0n) is 14.3. The van der Waals surface area contributed by atoms with E-state index in [-0.39, 0.29) is 0 Å². The Labute approximate surface area is 155 Å². The molecule has 5 nitrogen and oxygen atoms in total. The zero-order chi connectivity index (χ0) is 18.1. The molecule has 0 N–H and O–H groups in total. The Bertz CT molecular complexity index is 1200. The summed E-state index contributed by atoms with van der Waals surface area (Å²) in [5, 5.41) is 8.38. The molecule has 5 aromatic rings. The van der Waals surface area contributed by atoms with Crippen molar-refractivity contribution in [2.75, 3.05) is 0 Å². The molecule has 0 unspecified atom stereocenters. The molecule has 0 saturated carbocycles. The van der Waals surface area contributed by atoms with Crippen molar-refractivity contribution in [1.29, 1.82) is 0 Å². The maximum atomic E-state index is 5.13. The summed E-state index contributed by atoms with van der Waals surface area (Å²) in [6.45, 7) is 0. The van der Waals surface area contributed by atoms with Crippen molar-refractivity contribution in [3.8, 4) is 33.6 Å². The van der Waals surface area contributed by atoms with E-state index in [1.54, 1.807) is 12.4 Å². The second kappa shape index (κ2) is 6.46. The molecule has 0 bridgehead atoms. The Morgan fingerprint density at radius 2 is 1.15 bits per heavy atom. The lowest BCUT2D eigenvalue weighted by atomic mass is 9.96. The first-order chi connectivity index (χ1) is 13.4. The molecule has 0 aliphatic carbocycles. The Kier molecular flexibility index (Phi) is 3.68. The molecule has 0 saturated heterocycles. The number of benzene rings is 2. The maximum Gasteiger partial charge on any atom is 0.162 e. The van der Waals surface area contributed by atoms with Crippen molar-refractivity contribution in [3.63, 3.8) is 0 Å². The third-order valence-electron chi connectivity index (χ3n) is 4.47. The fourth-order valence-corrected chi connectivity index (χ4v) is 3.23. The van der Waals surface area contributed by atoms with Crippen molar-refractivity contribution in [2.24, 2.45) is 0 Å². The van der Waals surface area contributed by atoms with E-state index in [9.17, 15) is 0 Å². The van der Waals surface area contributed by atoms with Crippen molar-refractivity contribution in [2.45, 2.75) is 0 Å². The lowest BCUT2D eigenvalue weighted by Gasteiger charge is -2.12. The number of fused-ring (bicyclic) bond motifs is 1. The van der Waals surface area contributed by atoms with Crippen LogP contribution >= 0.6 is 0 Å². The first-order valence-corrected chi connectivity index (χ1v) is 8.59. The third-order valence-corrected chi connectivity index (χ3v) is 4.47. The van der Waals surface area contributed by atoms with Crippen molar-refractivity contribution in [3.05, 3.63) is 85.2 Å². The van der Waals surface area contributed by atoms with Gasteiger partial charge in [0.2, 0.25) is 0 Å². The fraction of sp³-hybridized carbons (Fsp3) is 0. The average Bonchev–Trinajstić information content (AvgIpc) is 3.24. The molecule has 0 radical (unpaired) electrons. The Morgan fingerprint density at radius 3 is 1.85 bits per heavy atom. The summed E-state index contributed by atoms with van der Waals surface area (Å²) in [5.74, 6) is 0. The summed E-state index contributed by atoms with van der Waals surface area (Å²) in [6, 6.07) is 23.9. The largest absolute Gasteiger partial charge is 0.265 e. The molecule has 3 aromatic heterocycles. The molecule has 0 spiro atoms. The molecule has 0 atom stereocenters. The minimum absolute atomic E-state index is 0.651. The summed E-state index contributed by atoms with van der Waals surface area (Å²) in [4.78, 5) is 9.13. The monoisotopic (exact) mass is 350 g/mol. The van der Waals surface area contributed by atoms with Crippen molar-refractivity contribution < 1.29 is 4.63 Å². The molecule has 5 heteroatoms. The van der Waals surface area contributed by atoms with Gasteiger partial charge in [-0.15, -0.1) is 0 Å². The van der Waals surface area contributed by atoms with Crippen molar-refractivity contribution >= 4 is 11.0 Å². The molecule has 0 fully saturated rings. The number of hydrogen-bond donors (Lipinski definition) is 0. The Morgan fingerprint density at radius 1 is 0.556 bits per heavy atom. The lowest BCUT2D eigenvalue weighted by molar-refractivity contribution is 0.315. The van der Waals surface area contributed by atoms with Gasteiger partial charge in [-0.05, 0) is 28.0 Å². The van der Waals surface area contributed by atoms with Crippen LogP contribution in [0.3, 0.4) is 0 Å². The van der Waals surface area contributed by atoms with E-state index in [2.05, 4.69) is 15.3 Å². The van der Waals surface area contributed by atoms with E-state index in [1.807, 2.05) is 72.8 Å². The lowest BCUT2D eigenvalue weighted by Crippen LogP contribution is -1.96. The van der Waals surface area contributed by atoms with Crippen LogP contribution in [0.15, 0.2) is 89.8 Å².